The Hall–Kier alpha value is -1.55. The van der Waals surface area contributed by atoms with Crippen molar-refractivity contribution >= 4 is 5.91 Å². The summed E-state index contributed by atoms with van der Waals surface area (Å²) in [6, 6.07) is 7.96. The van der Waals surface area contributed by atoms with Crippen LogP contribution in [0.1, 0.15) is 44.1 Å². The van der Waals surface area contributed by atoms with Crippen LogP contribution in [-0.2, 0) is 11.2 Å². The zero-order valence-corrected chi connectivity index (χ0v) is 13.6. The van der Waals surface area contributed by atoms with Crippen LogP contribution in [0.25, 0.3) is 0 Å². The van der Waals surface area contributed by atoms with Gasteiger partial charge in [0, 0.05) is 13.0 Å². The van der Waals surface area contributed by atoms with Crippen LogP contribution in [-0.4, -0.2) is 26.1 Å². The van der Waals surface area contributed by atoms with E-state index in [9.17, 15) is 4.79 Å². The molecule has 1 aliphatic carbocycles. The van der Waals surface area contributed by atoms with E-state index in [1.54, 1.807) is 7.11 Å². The number of benzene rings is 1. The molecule has 22 heavy (non-hydrogen) atoms. The van der Waals surface area contributed by atoms with E-state index in [2.05, 4.69) is 11.4 Å². The van der Waals surface area contributed by atoms with Crippen molar-refractivity contribution in [2.45, 2.75) is 44.9 Å². The lowest BCUT2D eigenvalue weighted by Crippen LogP contribution is -2.39. The van der Waals surface area contributed by atoms with E-state index in [4.69, 9.17) is 10.5 Å². The molecule has 0 spiro atoms. The monoisotopic (exact) mass is 304 g/mol. The van der Waals surface area contributed by atoms with Gasteiger partial charge in [0.1, 0.15) is 5.75 Å². The third-order valence-corrected chi connectivity index (χ3v) is 4.75. The summed E-state index contributed by atoms with van der Waals surface area (Å²) < 4.78 is 5.21. The van der Waals surface area contributed by atoms with Gasteiger partial charge in [-0.05, 0) is 48.9 Å². The number of nitrogens with two attached hydrogens (primary N) is 1. The molecular weight excluding hydrogens is 276 g/mol. The number of amides is 1. The fraction of sp³-hybridized carbons (Fsp3) is 0.611. The number of ether oxygens (including phenoxy) is 1. The molecule has 0 unspecified atom stereocenters. The van der Waals surface area contributed by atoms with Crippen molar-refractivity contribution in [3.05, 3.63) is 29.8 Å². The Morgan fingerprint density at radius 2 is 2.09 bits per heavy atom. The van der Waals surface area contributed by atoms with Gasteiger partial charge in [-0.25, -0.2) is 0 Å². The number of methoxy groups -OCH3 is 1. The maximum Gasteiger partial charge on any atom is 0.220 e. The van der Waals surface area contributed by atoms with Crippen LogP contribution >= 0.6 is 0 Å². The molecule has 0 aromatic heterocycles. The van der Waals surface area contributed by atoms with Gasteiger partial charge in [0.2, 0.25) is 5.91 Å². The van der Waals surface area contributed by atoms with Gasteiger partial charge in [-0.2, -0.15) is 0 Å². The smallest absolute Gasteiger partial charge is 0.220 e. The maximum absolute atomic E-state index is 12.2. The lowest BCUT2D eigenvalue weighted by Gasteiger charge is -2.35. The van der Waals surface area contributed by atoms with Crippen molar-refractivity contribution in [1.82, 2.24) is 5.32 Å². The highest BCUT2D eigenvalue weighted by Gasteiger charge is 2.32. The van der Waals surface area contributed by atoms with Crippen molar-refractivity contribution in [2.24, 2.45) is 11.1 Å². The summed E-state index contributed by atoms with van der Waals surface area (Å²) in [7, 11) is 1.66. The largest absolute Gasteiger partial charge is 0.497 e. The second kappa shape index (κ2) is 8.18. The van der Waals surface area contributed by atoms with Crippen LogP contribution in [0.15, 0.2) is 24.3 Å². The third kappa shape index (κ3) is 4.73. The molecule has 4 heteroatoms. The molecule has 1 aromatic rings. The van der Waals surface area contributed by atoms with Gasteiger partial charge in [-0.1, -0.05) is 31.4 Å². The van der Waals surface area contributed by atoms with Crippen molar-refractivity contribution in [3.63, 3.8) is 0 Å². The Balaban J connectivity index is 1.77. The summed E-state index contributed by atoms with van der Waals surface area (Å²) in [6.45, 7) is 1.28. The SMILES string of the molecule is COc1cccc(CCNC(=O)CC2(CN)CCCCC2)c1. The molecule has 0 saturated heterocycles. The maximum atomic E-state index is 12.2. The first-order valence-electron chi connectivity index (χ1n) is 8.27. The Labute approximate surface area is 133 Å². The highest BCUT2D eigenvalue weighted by molar-refractivity contribution is 5.76. The molecule has 0 aliphatic heterocycles. The quantitative estimate of drug-likeness (QED) is 0.814. The molecule has 2 rings (SSSR count). The van der Waals surface area contributed by atoms with Crippen molar-refractivity contribution in [2.75, 3.05) is 20.2 Å². The molecule has 1 aromatic carbocycles. The minimum Gasteiger partial charge on any atom is -0.497 e. The van der Waals surface area contributed by atoms with Crippen molar-refractivity contribution in [3.8, 4) is 5.75 Å². The molecule has 1 amide bonds. The first-order chi connectivity index (χ1) is 10.7. The molecule has 0 bridgehead atoms. The lowest BCUT2D eigenvalue weighted by molar-refractivity contribution is -0.123. The Kier molecular flexibility index (Phi) is 6.25. The van der Waals surface area contributed by atoms with Gasteiger partial charge in [0.05, 0.1) is 7.11 Å². The predicted molar refractivity (Wildman–Crippen MR) is 88.9 cm³/mol. The fourth-order valence-electron chi connectivity index (χ4n) is 3.33. The van der Waals surface area contributed by atoms with Gasteiger partial charge < -0.3 is 15.8 Å². The number of carbonyl (C=O) groups excluding carboxylic acids is 1. The van der Waals surface area contributed by atoms with E-state index < -0.39 is 0 Å². The van der Waals surface area contributed by atoms with E-state index in [0.717, 1.165) is 25.0 Å². The van der Waals surface area contributed by atoms with Crippen LogP contribution in [0, 0.1) is 5.41 Å². The molecule has 1 aliphatic rings. The number of hydrogen-bond acceptors (Lipinski definition) is 3. The van der Waals surface area contributed by atoms with E-state index in [-0.39, 0.29) is 11.3 Å². The van der Waals surface area contributed by atoms with Gasteiger partial charge in [-0.3, -0.25) is 4.79 Å². The molecule has 0 radical (unpaired) electrons. The number of hydrogen-bond donors (Lipinski definition) is 2. The van der Waals surface area contributed by atoms with Gasteiger partial charge >= 0.3 is 0 Å². The summed E-state index contributed by atoms with van der Waals surface area (Å²) in [4.78, 5) is 12.2. The van der Waals surface area contributed by atoms with E-state index in [1.165, 1.54) is 24.8 Å². The minimum absolute atomic E-state index is 0.0400. The lowest BCUT2D eigenvalue weighted by atomic mass is 9.71. The van der Waals surface area contributed by atoms with Crippen LogP contribution in [0.5, 0.6) is 5.75 Å². The number of rotatable bonds is 7. The second-order valence-corrected chi connectivity index (χ2v) is 6.39. The molecule has 0 heterocycles. The molecule has 0 atom stereocenters. The van der Waals surface area contributed by atoms with E-state index in [1.807, 2.05) is 18.2 Å². The molecule has 1 saturated carbocycles. The minimum atomic E-state index is 0.0400. The highest BCUT2D eigenvalue weighted by Crippen LogP contribution is 2.38. The van der Waals surface area contributed by atoms with Gasteiger partial charge in [-0.15, -0.1) is 0 Å². The summed E-state index contributed by atoms with van der Waals surface area (Å²) in [5.74, 6) is 0.989. The number of carbonyl (C=O) groups is 1. The van der Waals surface area contributed by atoms with Crippen LogP contribution in [0.2, 0.25) is 0 Å². The summed E-state index contributed by atoms with van der Waals surface area (Å²) in [5.41, 5.74) is 7.16. The highest BCUT2D eigenvalue weighted by atomic mass is 16.5. The standard InChI is InChI=1S/C18H28N2O2/c1-22-16-7-5-6-15(12-16)8-11-20-17(21)13-18(14-19)9-3-2-4-10-18/h5-7,12H,2-4,8-11,13-14,19H2,1H3,(H,20,21). The van der Waals surface area contributed by atoms with E-state index >= 15 is 0 Å². The topological polar surface area (TPSA) is 64.3 Å². The first kappa shape index (κ1) is 16.8. The van der Waals surface area contributed by atoms with E-state index in [0.29, 0.717) is 19.5 Å². The molecule has 122 valence electrons. The first-order valence-corrected chi connectivity index (χ1v) is 8.27. The third-order valence-electron chi connectivity index (χ3n) is 4.75. The van der Waals surface area contributed by atoms with Crippen molar-refractivity contribution < 1.29 is 9.53 Å². The zero-order valence-electron chi connectivity index (χ0n) is 13.6. The normalized spacial score (nSPS) is 17.0. The summed E-state index contributed by atoms with van der Waals surface area (Å²) in [6.07, 6.45) is 7.25. The van der Waals surface area contributed by atoms with Crippen LogP contribution in [0.4, 0.5) is 0 Å². The molecule has 3 N–H and O–H groups in total. The fourth-order valence-corrected chi connectivity index (χ4v) is 3.33. The van der Waals surface area contributed by atoms with Crippen LogP contribution in [0.3, 0.4) is 0 Å². The average Bonchev–Trinajstić information content (AvgIpc) is 2.56. The molecular formula is C18H28N2O2. The number of nitrogens with one attached hydrogen (secondary N) is 1. The molecule has 1 fully saturated rings. The van der Waals surface area contributed by atoms with Gasteiger partial charge in [0.15, 0.2) is 0 Å². The summed E-state index contributed by atoms with van der Waals surface area (Å²) >= 11 is 0. The van der Waals surface area contributed by atoms with Crippen molar-refractivity contribution in [1.29, 1.82) is 0 Å². The zero-order chi connectivity index (χ0) is 15.8. The Morgan fingerprint density at radius 1 is 1.32 bits per heavy atom. The predicted octanol–water partition coefficient (Wildman–Crippen LogP) is 2.65. The Bertz CT molecular complexity index is 482. The summed E-state index contributed by atoms with van der Waals surface area (Å²) in [5, 5.41) is 3.04. The van der Waals surface area contributed by atoms with Crippen LogP contribution < -0.4 is 15.8 Å². The Morgan fingerprint density at radius 3 is 2.77 bits per heavy atom. The second-order valence-electron chi connectivity index (χ2n) is 6.39. The molecule has 4 nitrogen and oxygen atoms in total. The van der Waals surface area contributed by atoms with Gasteiger partial charge in [0.25, 0.3) is 0 Å². The average molecular weight is 304 g/mol.